The van der Waals surface area contributed by atoms with E-state index in [1.54, 1.807) is 23.1 Å². The molecule has 2 aromatic carbocycles. The lowest BCUT2D eigenvalue weighted by Gasteiger charge is -2.35. The highest BCUT2D eigenvalue weighted by molar-refractivity contribution is 5.94. The molecule has 0 aromatic heterocycles. The van der Waals surface area contributed by atoms with Gasteiger partial charge in [0, 0.05) is 38.3 Å². The summed E-state index contributed by atoms with van der Waals surface area (Å²) >= 11 is 0. The monoisotopic (exact) mass is 492 g/mol. The highest BCUT2D eigenvalue weighted by Gasteiger charge is 2.41. The number of nitrogens with zero attached hydrogens (tertiary/aromatic N) is 2. The first kappa shape index (κ1) is 26.0. The van der Waals surface area contributed by atoms with Crippen LogP contribution in [0.5, 0.6) is 0 Å². The fourth-order valence-electron chi connectivity index (χ4n) is 3.56. The molecular weight excluding hydrogens is 469 g/mol. The summed E-state index contributed by atoms with van der Waals surface area (Å²) < 4.78 is 93.7. The summed E-state index contributed by atoms with van der Waals surface area (Å²) in [4.78, 5) is 16.4. The van der Waals surface area contributed by atoms with Gasteiger partial charge in [-0.05, 0) is 29.3 Å². The molecule has 3 rings (SSSR count). The van der Waals surface area contributed by atoms with Crippen molar-refractivity contribution in [3.63, 3.8) is 0 Å². The first-order valence-electron chi connectivity index (χ1n) is 10.5. The number of rotatable bonds is 8. The van der Waals surface area contributed by atoms with Gasteiger partial charge in [-0.25, -0.2) is 8.78 Å². The predicted molar refractivity (Wildman–Crippen MR) is 110 cm³/mol. The lowest BCUT2D eigenvalue weighted by atomic mass is 10.1. The minimum atomic E-state index is -4.41. The molecule has 4 nitrogen and oxygen atoms in total. The molecule has 0 spiro atoms. The molecule has 2 aromatic rings. The van der Waals surface area contributed by atoms with Crippen LogP contribution in [0.2, 0.25) is 0 Å². The average Bonchev–Trinajstić information content (AvgIpc) is 2.79. The number of alkyl halides is 7. The third-order valence-corrected chi connectivity index (χ3v) is 5.38. The van der Waals surface area contributed by atoms with E-state index in [2.05, 4.69) is 0 Å². The maximum absolute atomic E-state index is 13.0. The van der Waals surface area contributed by atoms with Crippen molar-refractivity contribution < 1.29 is 40.3 Å². The summed E-state index contributed by atoms with van der Waals surface area (Å²) in [6.45, 7) is 0.187. The van der Waals surface area contributed by atoms with Crippen LogP contribution in [0.25, 0.3) is 0 Å². The molecule has 1 aliphatic heterocycles. The smallest absolute Gasteiger partial charge is 0.370 e. The minimum absolute atomic E-state index is 0.293. The predicted octanol–water partition coefficient (Wildman–Crippen LogP) is 5.08. The Labute approximate surface area is 191 Å². The van der Waals surface area contributed by atoms with Crippen molar-refractivity contribution in [1.29, 1.82) is 0 Å². The Kier molecular flexibility index (Phi) is 8.19. The molecule has 186 valence electrons. The first-order chi connectivity index (χ1) is 16.0. The number of amides is 1. The highest BCUT2D eigenvalue weighted by atomic mass is 19.4. The van der Waals surface area contributed by atoms with Crippen LogP contribution in [-0.4, -0.2) is 60.8 Å². The molecule has 0 bridgehead atoms. The minimum Gasteiger partial charge on any atom is -0.370 e. The van der Waals surface area contributed by atoms with Crippen LogP contribution in [0.15, 0.2) is 48.5 Å². The van der Waals surface area contributed by atoms with Crippen molar-refractivity contribution in [2.24, 2.45) is 0 Å². The van der Waals surface area contributed by atoms with Gasteiger partial charge in [-0.1, -0.05) is 30.3 Å². The van der Waals surface area contributed by atoms with Crippen molar-refractivity contribution in [3.8, 4) is 0 Å². The van der Waals surface area contributed by atoms with E-state index >= 15 is 0 Å². The number of ether oxygens (including phenoxy) is 1. The van der Waals surface area contributed by atoms with Gasteiger partial charge in [0.25, 0.3) is 5.91 Å². The maximum Gasteiger partial charge on any atom is 0.416 e. The van der Waals surface area contributed by atoms with Crippen LogP contribution in [0, 0.1) is 0 Å². The molecule has 34 heavy (non-hydrogen) atoms. The number of benzene rings is 2. The highest BCUT2D eigenvalue weighted by Crippen LogP contribution is 2.30. The molecule has 0 saturated carbocycles. The zero-order valence-electron chi connectivity index (χ0n) is 18.0. The second kappa shape index (κ2) is 10.7. The zero-order chi connectivity index (χ0) is 24.9. The quantitative estimate of drug-likeness (QED) is 0.482. The molecule has 0 radical (unpaired) electrons. The van der Waals surface area contributed by atoms with E-state index in [1.165, 1.54) is 18.2 Å². The number of carbonyl (C=O) groups excluding carboxylic acids is 1. The van der Waals surface area contributed by atoms with E-state index in [-0.39, 0.29) is 12.5 Å². The zero-order valence-corrected chi connectivity index (χ0v) is 18.0. The van der Waals surface area contributed by atoms with Gasteiger partial charge < -0.3 is 9.64 Å². The molecule has 0 atom stereocenters. The largest absolute Gasteiger partial charge is 0.416 e. The van der Waals surface area contributed by atoms with Crippen LogP contribution < -0.4 is 0 Å². The number of piperazine rings is 1. The number of carbonyl (C=O) groups is 1. The second-order valence-corrected chi connectivity index (χ2v) is 8.02. The molecule has 0 aliphatic carbocycles. The van der Waals surface area contributed by atoms with Crippen molar-refractivity contribution in [2.75, 3.05) is 32.8 Å². The Morgan fingerprint density at radius 2 is 1.56 bits per heavy atom. The van der Waals surface area contributed by atoms with E-state index in [0.29, 0.717) is 49.4 Å². The lowest BCUT2D eigenvalue weighted by molar-refractivity contribution is -0.168. The summed E-state index contributed by atoms with van der Waals surface area (Å²) in [6, 6.07) is 11.2. The molecule has 11 heteroatoms. The molecule has 1 fully saturated rings. The van der Waals surface area contributed by atoms with Gasteiger partial charge in [0.2, 0.25) is 0 Å². The van der Waals surface area contributed by atoms with Crippen LogP contribution >= 0.6 is 0 Å². The van der Waals surface area contributed by atoms with Gasteiger partial charge in [-0.3, -0.25) is 9.69 Å². The third kappa shape index (κ3) is 6.92. The topological polar surface area (TPSA) is 32.8 Å². The molecular formula is C23H23F7N2O2. The molecule has 1 aliphatic rings. The Morgan fingerprint density at radius 3 is 2.21 bits per heavy atom. The molecule has 1 amide bonds. The van der Waals surface area contributed by atoms with E-state index in [4.69, 9.17) is 4.74 Å². The van der Waals surface area contributed by atoms with Crippen LogP contribution in [-0.2, 0) is 24.1 Å². The van der Waals surface area contributed by atoms with Crippen LogP contribution in [0.4, 0.5) is 30.7 Å². The van der Waals surface area contributed by atoms with Gasteiger partial charge >= 0.3 is 18.5 Å². The Balaban J connectivity index is 1.52. The van der Waals surface area contributed by atoms with E-state index in [9.17, 15) is 35.5 Å². The molecule has 0 unspecified atom stereocenters. The Morgan fingerprint density at radius 1 is 0.912 bits per heavy atom. The summed E-state index contributed by atoms with van der Waals surface area (Å²) in [6.07, 6.45) is -8.24. The van der Waals surface area contributed by atoms with E-state index in [1.807, 2.05) is 4.90 Å². The van der Waals surface area contributed by atoms with Gasteiger partial charge in [-0.15, -0.1) is 0 Å². The first-order valence-corrected chi connectivity index (χ1v) is 10.5. The van der Waals surface area contributed by atoms with Gasteiger partial charge in [0.15, 0.2) is 0 Å². The Hall–Kier alpha value is -2.66. The van der Waals surface area contributed by atoms with Crippen molar-refractivity contribution >= 4 is 5.91 Å². The van der Waals surface area contributed by atoms with Gasteiger partial charge in [-0.2, -0.15) is 22.0 Å². The molecule has 0 N–H and O–H groups in total. The second-order valence-electron chi connectivity index (χ2n) is 8.02. The van der Waals surface area contributed by atoms with Crippen LogP contribution in [0.1, 0.15) is 27.0 Å². The summed E-state index contributed by atoms with van der Waals surface area (Å²) in [5.74, 6) is -4.54. The lowest BCUT2D eigenvalue weighted by Crippen LogP contribution is -2.48. The average molecular weight is 492 g/mol. The van der Waals surface area contributed by atoms with Gasteiger partial charge in [0.1, 0.15) is 6.61 Å². The van der Waals surface area contributed by atoms with Crippen molar-refractivity contribution in [1.82, 2.24) is 9.80 Å². The fraction of sp³-hybridized carbons (Fsp3) is 0.435. The number of hydrogen-bond donors (Lipinski definition) is 0. The molecule has 1 saturated heterocycles. The number of halogens is 7. The maximum atomic E-state index is 13.0. The van der Waals surface area contributed by atoms with E-state index < -0.39 is 30.7 Å². The van der Waals surface area contributed by atoms with Crippen molar-refractivity contribution in [3.05, 3.63) is 70.8 Å². The van der Waals surface area contributed by atoms with Gasteiger partial charge in [0.05, 0.1) is 12.2 Å². The normalized spacial score (nSPS) is 15.7. The fourth-order valence-corrected chi connectivity index (χ4v) is 3.56. The van der Waals surface area contributed by atoms with E-state index in [0.717, 1.165) is 12.1 Å². The Bertz CT molecular complexity index is 974. The standard InChI is InChI=1S/C23H23F7N2O2/c24-21(25)22(26,27)15-34-14-17-4-1-5-18(11-17)20(33)32-9-7-31(8-10-32)13-16-3-2-6-19(12-16)23(28,29)30/h1-6,11-12,21H,7-10,13-15H2. The van der Waals surface area contributed by atoms with Crippen LogP contribution in [0.3, 0.4) is 0 Å². The summed E-state index contributed by atoms with van der Waals surface area (Å²) in [7, 11) is 0. The molecule has 1 heterocycles. The summed E-state index contributed by atoms with van der Waals surface area (Å²) in [5, 5.41) is 0. The SMILES string of the molecule is O=C(c1cccc(COCC(F)(F)C(F)F)c1)N1CCN(Cc2cccc(C(F)(F)F)c2)CC1. The number of hydrogen-bond acceptors (Lipinski definition) is 3. The summed E-state index contributed by atoms with van der Waals surface area (Å²) in [5.41, 5.74) is 0.507. The third-order valence-electron chi connectivity index (χ3n) is 5.38. The van der Waals surface area contributed by atoms with Crippen molar-refractivity contribution in [2.45, 2.75) is 31.7 Å².